The second-order valence-corrected chi connectivity index (χ2v) is 7.33. The zero-order chi connectivity index (χ0) is 14.6. The zero-order valence-corrected chi connectivity index (χ0v) is 12.4. The molecule has 2 rings (SSSR count). The molecule has 1 fully saturated rings. The lowest BCUT2D eigenvalue weighted by Crippen LogP contribution is -2.39. The van der Waals surface area contributed by atoms with Gasteiger partial charge in [0.15, 0.2) is 9.84 Å². The molecular weight excluding hydrogens is 276 g/mol. The molecule has 1 aromatic carbocycles. The van der Waals surface area contributed by atoms with Crippen LogP contribution in [0, 0.1) is 0 Å². The zero-order valence-electron chi connectivity index (χ0n) is 11.6. The number of rotatable bonds is 4. The number of hydrogen-bond acceptors (Lipinski definition) is 4. The summed E-state index contributed by atoms with van der Waals surface area (Å²) < 4.78 is 23.9. The first-order valence-corrected chi connectivity index (χ1v) is 8.51. The van der Waals surface area contributed by atoms with E-state index < -0.39 is 21.0 Å². The maximum absolute atomic E-state index is 12.2. The highest BCUT2D eigenvalue weighted by Crippen LogP contribution is 2.22. The van der Waals surface area contributed by atoms with Crippen LogP contribution in [0.4, 0.5) is 5.69 Å². The molecule has 1 aliphatic rings. The fraction of sp³-hybridized carbons (Fsp3) is 0.500. The predicted octanol–water partition coefficient (Wildman–Crippen LogP) is 1.31. The van der Waals surface area contributed by atoms with Crippen molar-refractivity contribution in [1.82, 2.24) is 5.32 Å². The van der Waals surface area contributed by atoms with Gasteiger partial charge in [0, 0.05) is 12.2 Å². The predicted molar refractivity (Wildman–Crippen MR) is 79.3 cm³/mol. The molecule has 2 N–H and O–H groups in total. The summed E-state index contributed by atoms with van der Waals surface area (Å²) in [5.74, 6) is -0.295. The number of carbonyl (C=O) groups is 1. The molecule has 0 bridgehead atoms. The van der Waals surface area contributed by atoms with Gasteiger partial charge in [0.05, 0.1) is 5.75 Å². The Morgan fingerprint density at radius 3 is 2.75 bits per heavy atom. The summed E-state index contributed by atoms with van der Waals surface area (Å²) in [7, 11) is -1.47. The van der Waals surface area contributed by atoms with Crippen molar-refractivity contribution in [2.75, 3.05) is 18.1 Å². The molecule has 0 saturated carbocycles. The number of anilines is 1. The average molecular weight is 296 g/mol. The van der Waals surface area contributed by atoms with Crippen molar-refractivity contribution in [1.29, 1.82) is 0 Å². The largest absolute Gasteiger partial charge is 0.325 e. The van der Waals surface area contributed by atoms with Crippen LogP contribution in [-0.4, -0.2) is 32.4 Å². The quantitative estimate of drug-likeness (QED) is 0.878. The smallest absolute Gasteiger partial charge is 0.242 e. The van der Waals surface area contributed by atoms with Gasteiger partial charge in [0.25, 0.3) is 0 Å². The van der Waals surface area contributed by atoms with Crippen LogP contribution in [0.5, 0.6) is 0 Å². The maximum Gasteiger partial charge on any atom is 0.242 e. The first-order valence-electron chi connectivity index (χ1n) is 6.79. The fourth-order valence-corrected chi connectivity index (χ4v) is 4.25. The summed E-state index contributed by atoms with van der Waals surface area (Å²) in [6, 6.07) is 7.41. The van der Waals surface area contributed by atoms with E-state index in [9.17, 15) is 13.2 Å². The van der Waals surface area contributed by atoms with Crippen molar-refractivity contribution in [3.63, 3.8) is 0 Å². The first kappa shape index (κ1) is 15.0. The number of carbonyl (C=O) groups excluding carboxylic acids is 1. The molecule has 1 unspecified atom stereocenters. The Morgan fingerprint density at radius 1 is 1.30 bits per heavy atom. The molecule has 0 spiro atoms. The van der Waals surface area contributed by atoms with Crippen molar-refractivity contribution in [2.24, 2.45) is 0 Å². The standard InChI is InChI=1S/C14H20N2O3S/c1-15-10-11-6-2-3-7-12(11)16-14(17)13-8-4-5-9-20(13,18)19/h2-3,6-7,13,15H,4-5,8-10H2,1H3,(H,16,17). The van der Waals surface area contributed by atoms with E-state index >= 15 is 0 Å². The minimum absolute atomic E-state index is 0.114. The molecule has 1 saturated heterocycles. The molecule has 1 aromatic rings. The third kappa shape index (κ3) is 3.37. The van der Waals surface area contributed by atoms with E-state index in [2.05, 4.69) is 10.6 Å². The van der Waals surface area contributed by atoms with Crippen LogP contribution < -0.4 is 10.6 Å². The van der Waals surface area contributed by atoms with Gasteiger partial charge in [-0.05, 0) is 31.5 Å². The molecule has 0 aromatic heterocycles. The van der Waals surface area contributed by atoms with Gasteiger partial charge in [-0.15, -0.1) is 0 Å². The lowest BCUT2D eigenvalue weighted by atomic mass is 10.1. The molecule has 1 atom stereocenters. The SMILES string of the molecule is CNCc1ccccc1NC(=O)C1CCCCS1(=O)=O. The lowest BCUT2D eigenvalue weighted by molar-refractivity contribution is -0.116. The second-order valence-electron chi connectivity index (χ2n) is 5.03. The lowest BCUT2D eigenvalue weighted by Gasteiger charge is -2.22. The van der Waals surface area contributed by atoms with E-state index in [-0.39, 0.29) is 5.75 Å². The Hall–Kier alpha value is -1.40. The Labute approximate surface area is 119 Å². The summed E-state index contributed by atoms with van der Waals surface area (Å²) in [5.41, 5.74) is 1.61. The van der Waals surface area contributed by atoms with Gasteiger partial charge in [-0.3, -0.25) is 4.79 Å². The number of sulfone groups is 1. The van der Waals surface area contributed by atoms with E-state index in [1.165, 1.54) is 0 Å². The monoisotopic (exact) mass is 296 g/mol. The number of benzene rings is 1. The second kappa shape index (κ2) is 6.37. The van der Waals surface area contributed by atoms with Gasteiger partial charge in [0.1, 0.15) is 5.25 Å². The van der Waals surface area contributed by atoms with E-state index in [0.29, 0.717) is 25.1 Å². The number of para-hydroxylation sites is 1. The maximum atomic E-state index is 12.2. The van der Waals surface area contributed by atoms with Crippen LogP contribution in [0.2, 0.25) is 0 Å². The first-order chi connectivity index (χ1) is 9.54. The van der Waals surface area contributed by atoms with Crippen LogP contribution >= 0.6 is 0 Å². The van der Waals surface area contributed by atoms with Gasteiger partial charge >= 0.3 is 0 Å². The van der Waals surface area contributed by atoms with Crippen LogP contribution in [-0.2, 0) is 21.2 Å². The van der Waals surface area contributed by atoms with Crippen molar-refractivity contribution < 1.29 is 13.2 Å². The van der Waals surface area contributed by atoms with Gasteiger partial charge in [-0.25, -0.2) is 8.42 Å². The molecule has 1 aliphatic heterocycles. The van der Waals surface area contributed by atoms with Crippen LogP contribution in [0.15, 0.2) is 24.3 Å². The van der Waals surface area contributed by atoms with Gasteiger partial charge in [-0.2, -0.15) is 0 Å². The van der Waals surface area contributed by atoms with Crippen LogP contribution in [0.25, 0.3) is 0 Å². The highest BCUT2D eigenvalue weighted by atomic mass is 32.2. The molecule has 1 amide bonds. The highest BCUT2D eigenvalue weighted by Gasteiger charge is 2.34. The van der Waals surface area contributed by atoms with Gasteiger partial charge < -0.3 is 10.6 Å². The summed E-state index contributed by atoms with van der Waals surface area (Å²) >= 11 is 0. The third-order valence-corrected chi connectivity index (χ3v) is 5.69. The average Bonchev–Trinajstić information content (AvgIpc) is 2.40. The van der Waals surface area contributed by atoms with Crippen LogP contribution in [0.1, 0.15) is 24.8 Å². The molecule has 20 heavy (non-hydrogen) atoms. The van der Waals surface area contributed by atoms with Gasteiger partial charge in [0.2, 0.25) is 5.91 Å². The van der Waals surface area contributed by atoms with Gasteiger partial charge in [-0.1, -0.05) is 24.6 Å². The van der Waals surface area contributed by atoms with Crippen molar-refractivity contribution in [3.05, 3.63) is 29.8 Å². The molecule has 0 radical (unpaired) electrons. The van der Waals surface area contributed by atoms with E-state index in [4.69, 9.17) is 0 Å². The molecule has 110 valence electrons. The summed E-state index contributed by atoms with van der Waals surface area (Å²) in [6.45, 7) is 0.619. The van der Waals surface area contributed by atoms with Crippen molar-refractivity contribution >= 4 is 21.4 Å². The Balaban J connectivity index is 2.15. The minimum atomic E-state index is -3.30. The molecule has 6 heteroatoms. The Morgan fingerprint density at radius 2 is 2.05 bits per heavy atom. The summed E-state index contributed by atoms with van der Waals surface area (Å²) in [6.07, 6.45) is 1.86. The Bertz CT molecular complexity index is 584. The van der Waals surface area contributed by atoms with E-state index in [1.54, 1.807) is 6.07 Å². The molecule has 5 nitrogen and oxygen atoms in total. The van der Waals surface area contributed by atoms with E-state index in [1.807, 2.05) is 25.2 Å². The normalized spacial score (nSPS) is 21.4. The fourth-order valence-electron chi connectivity index (χ4n) is 2.45. The summed E-state index contributed by atoms with van der Waals surface area (Å²) in [5, 5.41) is 4.88. The highest BCUT2D eigenvalue weighted by molar-refractivity contribution is 7.92. The van der Waals surface area contributed by atoms with Crippen molar-refractivity contribution in [2.45, 2.75) is 31.1 Å². The topological polar surface area (TPSA) is 75.3 Å². The minimum Gasteiger partial charge on any atom is -0.325 e. The van der Waals surface area contributed by atoms with Crippen LogP contribution in [0.3, 0.4) is 0 Å². The summed E-state index contributed by atoms with van der Waals surface area (Å²) in [4.78, 5) is 12.2. The molecule has 0 aliphatic carbocycles. The van der Waals surface area contributed by atoms with Crippen molar-refractivity contribution in [3.8, 4) is 0 Å². The van der Waals surface area contributed by atoms with E-state index in [0.717, 1.165) is 12.0 Å². The molecular formula is C14H20N2O3S. The molecule has 1 heterocycles. The number of nitrogens with one attached hydrogen (secondary N) is 2. The Kier molecular flexibility index (Phi) is 4.77. The third-order valence-electron chi connectivity index (χ3n) is 3.51. The number of hydrogen-bond donors (Lipinski definition) is 2. The number of amides is 1.